The Hall–Kier alpha value is -2.43. The molecular formula is C18H24N4O. The number of aromatic nitrogens is 2. The van der Waals surface area contributed by atoms with E-state index >= 15 is 0 Å². The van der Waals surface area contributed by atoms with Gasteiger partial charge >= 0.3 is 0 Å². The molecule has 0 aliphatic carbocycles. The molecular weight excluding hydrogens is 288 g/mol. The van der Waals surface area contributed by atoms with Crippen LogP contribution in [0.3, 0.4) is 0 Å². The second-order valence-electron chi connectivity index (χ2n) is 6.47. The molecule has 2 aromatic rings. The Kier molecular flexibility index (Phi) is 5.32. The van der Waals surface area contributed by atoms with Crippen LogP contribution in [0.4, 0.5) is 11.6 Å². The van der Waals surface area contributed by atoms with Crippen LogP contribution in [-0.2, 0) is 5.41 Å². The first-order valence-corrected chi connectivity index (χ1v) is 7.89. The maximum Gasteiger partial charge on any atom is 0.270 e. The number of hydrogen-bond donors (Lipinski definition) is 2. The smallest absolute Gasteiger partial charge is 0.270 e. The van der Waals surface area contributed by atoms with Crippen LogP contribution in [0.1, 0.15) is 50.2 Å². The van der Waals surface area contributed by atoms with Crippen molar-refractivity contribution in [2.75, 3.05) is 11.9 Å². The Morgan fingerprint density at radius 3 is 2.43 bits per heavy atom. The number of carbonyl (C=O) groups excluding carboxylic acids is 1. The van der Waals surface area contributed by atoms with Crippen LogP contribution in [0.5, 0.6) is 0 Å². The van der Waals surface area contributed by atoms with Gasteiger partial charge in [-0.2, -0.15) is 0 Å². The van der Waals surface area contributed by atoms with E-state index in [4.69, 9.17) is 0 Å². The summed E-state index contributed by atoms with van der Waals surface area (Å²) in [6.45, 7) is 9.18. The fourth-order valence-electron chi connectivity index (χ4n) is 2.06. The number of anilines is 2. The molecule has 1 amide bonds. The summed E-state index contributed by atoms with van der Waals surface area (Å²) in [6, 6.07) is 9.76. The second kappa shape index (κ2) is 7.22. The summed E-state index contributed by atoms with van der Waals surface area (Å²) in [7, 11) is 0. The number of carbonyl (C=O) groups is 1. The van der Waals surface area contributed by atoms with Crippen LogP contribution in [-0.4, -0.2) is 22.4 Å². The molecule has 0 aliphatic rings. The van der Waals surface area contributed by atoms with Gasteiger partial charge in [-0.05, 0) is 35.6 Å². The molecule has 0 radical (unpaired) electrons. The molecule has 0 spiro atoms. The molecule has 2 rings (SSSR count). The number of nitrogens with zero attached hydrogens (tertiary/aromatic N) is 2. The Labute approximate surface area is 137 Å². The first-order valence-electron chi connectivity index (χ1n) is 7.89. The van der Waals surface area contributed by atoms with Gasteiger partial charge in [0, 0.05) is 18.4 Å². The molecule has 0 unspecified atom stereocenters. The molecule has 5 nitrogen and oxygen atoms in total. The predicted octanol–water partition coefficient (Wildman–Crippen LogP) is 3.66. The summed E-state index contributed by atoms with van der Waals surface area (Å²) in [6.07, 6.45) is 2.47. The van der Waals surface area contributed by atoms with Gasteiger partial charge in [0.15, 0.2) is 0 Å². The maximum atomic E-state index is 11.9. The fraction of sp³-hybridized carbons (Fsp3) is 0.389. The molecule has 2 N–H and O–H groups in total. The molecule has 0 bridgehead atoms. The van der Waals surface area contributed by atoms with Crippen LogP contribution in [0, 0.1) is 0 Å². The Morgan fingerprint density at radius 2 is 1.83 bits per heavy atom. The largest absolute Gasteiger partial charge is 0.351 e. The third-order valence-electron chi connectivity index (χ3n) is 3.43. The average molecular weight is 312 g/mol. The number of benzene rings is 1. The number of nitrogens with one attached hydrogen (secondary N) is 2. The molecule has 23 heavy (non-hydrogen) atoms. The van der Waals surface area contributed by atoms with Crippen molar-refractivity contribution in [3.05, 3.63) is 47.8 Å². The van der Waals surface area contributed by atoms with Gasteiger partial charge < -0.3 is 10.6 Å². The molecule has 0 fully saturated rings. The first kappa shape index (κ1) is 16.9. The minimum absolute atomic E-state index is 0.117. The zero-order valence-electron chi connectivity index (χ0n) is 14.2. The topological polar surface area (TPSA) is 66.9 Å². The predicted molar refractivity (Wildman–Crippen MR) is 93.1 cm³/mol. The summed E-state index contributed by atoms with van der Waals surface area (Å²) in [5, 5.41) is 5.94. The van der Waals surface area contributed by atoms with Crippen molar-refractivity contribution in [3.63, 3.8) is 0 Å². The van der Waals surface area contributed by atoms with Crippen molar-refractivity contribution in [1.29, 1.82) is 0 Å². The van der Waals surface area contributed by atoms with E-state index in [0.29, 0.717) is 18.2 Å². The van der Waals surface area contributed by atoms with Crippen LogP contribution in [0.15, 0.2) is 36.5 Å². The maximum absolute atomic E-state index is 11.9. The Morgan fingerprint density at radius 1 is 1.13 bits per heavy atom. The second-order valence-corrected chi connectivity index (χ2v) is 6.47. The molecule has 5 heteroatoms. The lowest BCUT2D eigenvalue weighted by atomic mass is 9.87. The lowest BCUT2D eigenvalue weighted by Crippen LogP contribution is -2.25. The standard InChI is InChI=1S/C18H24N4O/c1-5-11-19-16(23)15-10-12-20-17(22-15)21-14-8-6-13(7-9-14)18(2,3)4/h6-10,12H,5,11H2,1-4H3,(H,19,23)(H,20,21,22). The van der Waals surface area contributed by atoms with E-state index in [2.05, 4.69) is 53.5 Å². The van der Waals surface area contributed by atoms with Gasteiger partial charge in [0.1, 0.15) is 5.69 Å². The van der Waals surface area contributed by atoms with E-state index < -0.39 is 0 Å². The van der Waals surface area contributed by atoms with Gasteiger partial charge in [0.05, 0.1) is 0 Å². The highest BCUT2D eigenvalue weighted by molar-refractivity contribution is 5.92. The highest BCUT2D eigenvalue weighted by Crippen LogP contribution is 2.24. The molecule has 122 valence electrons. The van der Waals surface area contributed by atoms with E-state index in [1.54, 1.807) is 12.3 Å². The van der Waals surface area contributed by atoms with E-state index in [0.717, 1.165) is 12.1 Å². The highest BCUT2D eigenvalue weighted by Gasteiger charge is 2.13. The highest BCUT2D eigenvalue weighted by atomic mass is 16.1. The van der Waals surface area contributed by atoms with Crippen molar-refractivity contribution in [1.82, 2.24) is 15.3 Å². The molecule has 0 aliphatic heterocycles. The third kappa shape index (κ3) is 4.77. The lowest BCUT2D eigenvalue weighted by Gasteiger charge is -2.19. The molecule has 1 heterocycles. The summed E-state index contributed by atoms with van der Waals surface area (Å²) < 4.78 is 0. The minimum atomic E-state index is -0.180. The summed E-state index contributed by atoms with van der Waals surface area (Å²) in [5.41, 5.74) is 2.63. The van der Waals surface area contributed by atoms with Gasteiger partial charge in [-0.15, -0.1) is 0 Å². The molecule has 1 aromatic carbocycles. The summed E-state index contributed by atoms with van der Waals surface area (Å²) >= 11 is 0. The monoisotopic (exact) mass is 312 g/mol. The number of hydrogen-bond acceptors (Lipinski definition) is 4. The number of amides is 1. The molecule has 0 atom stereocenters. The van der Waals surface area contributed by atoms with Gasteiger partial charge in [-0.1, -0.05) is 39.8 Å². The van der Waals surface area contributed by atoms with Crippen molar-refractivity contribution in [2.24, 2.45) is 0 Å². The average Bonchev–Trinajstić information content (AvgIpc) is 2.52. The number of rotatable bonds is 5. The van der Waals surface area contributed by atoms with Crippen molar-refractivity contribution >= 4 is 17.5 Å². The van der Waals surface area contributed by atoms with E-state index in [1.165, 1.54) is 5.56 Å². The first-order chi connectivity index (χ1) is 10.9. The van der Waals surface area contributed by atoms with E-state index in [1.807, 2.05) is 19.1 Å². The van der Waals surface area contributed by atoms with Crippen molar-refractivity contribution in [3.8, 4) is 0 Å². The zero-order valence-corrected chi connectivity index (χ0v) is 14.2. The Bertz CT molecular complexity index is 659. The van der Waals surface area contributed by atoms with Crippen molar-refractivity contribution < 1.29 is 4.79 Å². The van der Waals surface area contributed by atoms with E-state index in [9.17, 15) is 4.79 Å². The zero-order chi connectivity index (χ0) is 16.9. The Balaban J connectivity index is 2.10. The van der Waals surface area contributed by atoms with Gasteiger partial charge in [0.2, 0.25) is 5.95 Å². The van der Waals surface area contributed by atoms with Crippen LogP contribution in [0.25, 0.3) is 0 Å². The minimum Gasteiger partial charge on any atom is -0.351 e. The van der Waals surface area contributed by atoms with Crippen LogP contribution < -0.4 is 10.6 Å². The van der Waals surface area contributed by atoms with Gasteiger partial charge in [0.25, 0.3) is 5.91 Å². The lowest BCUT2D eigenvalue weighted by molar-refractivity contribution is 0.0948. The third-order valence-corrected chi connectivity index (χ3v) is 3.43. The van der Waals surface area contributed by atoms with Gasteiger partial charge in [-0.25, -0.2) is 9.97 Å². The normalized spacial score (nSPS) is 11.1. The quantitative estimate of drug-likeness (QED) is 0.884. The molecule has 0 saturated carbocycles. The SMILES string of the molecule is CCCNC(=O)c1ccnc(Nc2ccc(C(C)(C)C)cc2)n1. The van der Waals surface area contributed by atoms with Crippen LogP contribution >= 0.6 is 0 Å². The fourth-order valence-corrected chi connectivity index (χ4v) is 2.06. The summed E-state index contributed by atoms with van der Waals surface area (Å²) in [5.74, 6) is 0.234. The van der Waals surface area contributed by atoms with E-state index in [-0.39, 0.29) is 11.3 Å². The van der Waals surface area contributed by atoms with Gasteiger partial charge in [-0.3, -0.25) is 4.79 Å². The van der Waals surface area contributed by atoms with Crippen LogP contribution in [0.2, 0.25) is 0 Å². The van der Waals surface area contributed by atoms with Crippen molar-refractivity contribution in [2.45, 2.75) is 39.5 Å². The summed E-state index contributed by atoms with van der Waals surface area (Å²) in [4.78, 5) is 20.4. The molecule has 0 saturated heterocycles. The molecule has 1 aromatic heterocycles.